The van der Waals surface area contributed by atoms with Gasteiger partial charge < -0.3 is 10.1 Å². The highest BCUT2D eigenvalue weighted by molar-refractivity contribution is 7.93. The van der Waals surface area contributed by atoms with E-state index in [1.165, 1.54) is 0 Å². The van der Waals surface area contributed by atoms with Gasteiger partial charge in [0.15, 0.2) is 0 Å². The van der Waals surface area contributed by atoms with Crippen molar-refractivity contribution in [2.45, 2.75) is 4.90 Å². The maximum absolute atomic E-state index is 10.3. The first-order valence-corrected chi connectivity index (χ1v) is 4.63. The fourth-order valence-electron chi connectivity index (χ4n) is 0.991. The van der Waals surface area contributed by atoms with Gasteiger partial charge in [-0.05, 0) is 12.1 Å². The maximum Gasteiger partial charge on any atom is 0.267 e. The van der Waals surface area contributed by atoms with Crippen LogP contribution in [0.5, 0.6) is 5.75 Å². The summed E-state index contributed by atoms with van der Waals surface area (Å²) in [6.45, 7) is 0. The van der Waals surface area contributed by atoms with Gasteiger partial charge in [-0.2, -0.15) is 0 Å². The Labute approximate surface area is 85.7 Å². The molecular weight excluding hydrogens is 204 g/mol. The van der Waals surface area contributed by atoms with Gasteiger partial charge in [0.05, 0.1) is 12.8 Å². The van der Waals surface area contributed by atoms with Crippen molar-refractivity contribution in [2.24, 2.45) is 0 Å². The molecule has 0 saturated heterocycles. The summed E-state index contributed by atoms with van der Waals surface area (Å²) in [7, 11) is 3.26. The summed E-state index contributed by atoms with van der Waals surface area (Å²) < 4.78 is 4.56. The molecule has 76 valence electrons. The first-order chi connectivity index (χ1) is 6.67. The molecule has 0 aliphatic heterocycles. The van der Waals surface area contributed by atoms with Gasteiger partial charge in [0.25, 0.3) is 11.9 Å². The summed E-state index contributed by atoms with van der Waals surface area (Å²) in [5.41, 5.74) is 0.686. The number of benzene rings is 1. The fourth-order valence-corrected chi connectivity index (χ4v) is 1.54. The van der Waals surface area contributed by atoms with Crippen molar-refractivity contribution >= 4 is 17.6 Å². The van der Waals surface area contributed by atoms with Gasteiger partial charge in [-0.3, -0.25) is 10.1 Å². The van der Waals surface area contributed by atoms with Crippen molar-refractivity contribution in [3.05, 3.63) is 28.3 Å². The van der Waals surface area contributed by atoms with Gasteiger partial charge in [0.1, 0.15) is 15.0 Å². The first-order valence-electron chi connectivity index (χ1n) is 3.85. The summed E-state index contributed by atoms with van der Waals surface area (Å²) in [4.78, 5) is 10.9. The summed E-state index contributed by atoms with van der Waals surface area (Å²) >= 11 is 0.573. The molecule has 0 atom stereocenters. The number of methoxy groups -OCH3 is 1. The molecule has 1 aromatic carbocycles. The summed E-state index contributed by atoms with van der Waals surface area (Å²) in [5, 5.41) is 13.2. The monoisotopic (exact) mass is 214 g/mol. The standard InChI is InChI=1S/C8H10N2O3S/c1-9-7-5-6(13-2)3-4-8(7)14-10(11)12/h3-5,9H,1-2H3. The largest absolute Gasteiger partial charge is 0.497 e. The normalized spacial score (nSPS) is 9.57. The van der Waals surface area contributed by atoms with Crippen molar-refractivity contribution in [1.29, 1.82) is 0 Å². The molecular formula is C8H10N2O3S. The molecule has 6 heteroatoms. The Balaban J connectivity index is 2.98. The lowest BCUT2D eigenvalue weighted by molar-refractivity contribution is -0.284. The van der Waals surface area contributed by atoms with Crippen LogP contribution in [0.1, 0.15) is 0 Å². The van der Waals surface area contributed by atoms with Crippen LogP contribution in [0.15, 0.2) is 23.1 Å². The highest BCUT2D eigenvalue weighted by atomic mass is 32.2. The molecule has 0 radical (unpaired) electrons. The smallest absolute Gasteiger partial charge is 0.267 e. The highest BCUT2D eigenvalue weighted by Gasteiger charge is 2.11. The lowest BCUT2D eigenvalue weighted by Crippen LogP contribution is -1.94. The molecule has 1 N–H and O–H groups in total. The quantitative estimate of drug-likeness (QED) is 0.472. The lowest BCUT2D eigenvalue weighted by atomic mass is 10.3. The minimum atomic E-state index is -0.442. The molecule has 0 spiro atoms. The van der Waals surface area contributed by atoms with Crippen molar-refractivity contribution in [1.82, 2.24) is 0 Å². The molecule has 14 heavy (non-hydrogen) atoms. The van der Waals surface area contributed by atoms with E-state index in [4.69, 9.17) is 4.74 Å². The van der Waals surface area contributed by atoms with E-state index in [2.05, 4.69) is 5.32 Å². The van der Waals surface area contributed by atoms with E-state index >= 15 is 0 Å². The zero-order valence-corrected chi connectivity index (χ0v) is 8.63. The second kappa shape index (κ2) is 4.71. The van der Waals surface area contributed by atoms with Crippen molar-refractivity contribution in [2.75, 3.05) is 19.5 Å². The highest BCUT2D eigenvalue weighted by Crippen LogP contribution is 2.30. The number of anilines is 1. The lowest BCUT2D eigenvalue weighted by Gasteiger charge is -2.06. The van der Waals surface area contributed by atoms with Crippen LogP contribution in [0.25, 0.3) is 0 Å². The zero-order valence-electron chi connectivity index (χ0n) is 7.81. The molecule has 0 fully saturated rings. The van der Waals surface area contributed by atoms with Crippen molar-refractivity contribution in [3.8, 4) is 5.75 Å². The Morgan fingerprint density at radius 1 is 1.57 bits per heavy atom. The van der Waals surface area contributed by atoms with Crippen molar-refractivity contribution in [3.63, 3.8) is 0 Å². The molecule has 0 heterocycles. The Morgan fingerprint density at radius 2 is 2.29 bits per heavy atom. The molecule has 5 nitrogen and oxygen atoms in total. The number of nitrogens with zero attached hydrogens (tertiary/aromatic N) is 1. The Bertz CT molecular complexity index is 343. The predicted molar refractivity (Wildman–Crippen MR) is 55.4 cm³/mol. The zero-order chi connectivity index (χ0) is 10.6. The van der Waals surface area contributed by atoms with Crippen LogP contribution < -0.4 is 10.1 Å². The predicted octanol–water partition coefficient (Wildman–Crippen LogP) is 2.02. The first kappa shape index (κ1) is 10.6. The topological polar surface area (TPSA) is 64.4 Å². The number of rotatable bonds is 4. The number of nitro groups is 1. The second-order valence-electron chi connectivity index (χ2n) is 2.43. The van der Waals surface area contributed by atoms with Gasteiger partial charge in [-0.25, -0.2) is 0 Å². The molecule has 0 amide bonds. The summed E-state index contributed by atoms with van der Waals surface area (Å²) in [6, 6.07) is 5.05. The van der Waals surface area contributed by atoms with E-state index in [-0.39, 0.29) is 0 Å². The van der Waals surface area contributed by atoms with Crippen LogP contribution in [0.2, 0.25) is 0 Å². The van der Waals surface area contributed by atoms with Crippen molar-refractivity contribution < 1.29 is 9.07 Å². The fraction of sp³-hybridized carbons (Fsp3) is 0.250. The average molecular weight is 214 g/mol. The SMILES string of the molecule is CNc1cc(OC)ccc1S[N+](=O)[O-]. The van der Waals surface area contributed by atoms with Gasteiger partial charge in [-0.1, -0.05) is 0 Å². The molecule has 0 unspecified atom stereocenters. The van der Waals surface area contributed by atoms with Crippen LogP contribution >= 0.6 is 11.9 Å². The Morgan fingerprint density at radius 3 is 2.79 bits per heavy atom. The minimum Gasteiger partial charge on any atom is -0.497 e. The molecule has 1 aromatic rings. The number of hydrogen-bond donors (Lipinski definition) is 1. The molecule has 0 aliphatic rings. The third-order valence-electron chi connectivity index (χ3n) is 1.63. The number of ether oxygens (including phenoxy) is 1. The van der Waals surface area contributed by atoms with Gasteiger partial charge >= 0.3 is 0 Å². The molecule has 1 rings (SSSR count). The molecule has 0 aromatic heterocycles. The average Bonchev–Trinajstić information content (AvgIpc) is 2.17. The van der Waals surface area contributed by atoms with E-state index in [9.17, 15) is 10.1 Å². The minimum absolute atomic E-state index is 0.442. The van der Waals surface area contributed by atoms with Gasteiger partial charge in [-0.15, -0.1) is 0 Å². The van der Waals surface area contributed by atoms with Crippen LogP contribution in [0, 0.1) is 10.1 Å². The van der Waals surface area contributed by atoms with Crippen LogP contribution in [-0.2, 0) is 0 Å². The van der Waals surface area contributed by atoms with Crippen LogP contribution in [-0.4, -0.2) is 18.5 Å². The summed E-state index contributed by atoms with van der Waals surface area (Å²) in [6.07, 6.45) is 0. The number of nitrogens with one attached hydrogen (secondary N) is 1. The van der Waals surface area contributed by atoms with E-state index in [1.807, 2.05) is 0 Å². The molecule has 0 aliphatic carbocycles. The van der Waals surface area contributed by atoms with Gasteiger partial charge in [0.2, 0.25) is 0 Å². The van der Waals surface area contributed by atoms with E-state index < -0.39 is 4.33 Å². The van der Waals surface area contributed by atoms with E-state index in [0.717, 1.165) is 0 Å². The van der Waals surface area contributed by atoms with E-state index in [0.29, 0.717) is 28.3 Å². The molecule has 0 bridgehead atoms. The Kier molecular flexibility index (Phi) is 3.58. The van der Waals surface area contributed by atoms with E-state index in [1.54, 1.807) is 32.4 Å². The van der Waals surface area contributed by atoms with Gasteiger partial charge in [0, 0.05) is 13.1 Å². The third-order valence-corrected chi connectivity index (χ3v) is 2.33. The third kappa shape index (κ3) is 2.53. The van der Waals surface area contributed by atoms with Crippen LogP contribution in [0.4, 0.5) is 5.69 Å². The Hall–Kier alpha value is -1.43. The second-order valence-corrected chi connectivity index (χ2v) is 3.35. The number of hydrogen-bond acceptors (Lipinski definition) is 5. The summed E-state index contributed by atoms with van der Waals surface area (Å²) in [5.74, 6) is 0.669. The van der Waals surface area contributed by atoms with Crippen LogP contribution in [0.3, 0.4) is 0 Å². The maximum atomic E-state index is 10.3. The molecule has 0 saturated carbocycles.